The van der Waals surface area contributed by atoms with Gasteiger partial charge in [0.1, 0.15) is 0 Å². The zero-order chi connectivity index (χ0) is 38.8. The first kappa shape index (κ1) is 41.8. The smallest absolute Gasteiger partial charge is 0.164 e. The monoisotopic (exact) mass is 846 g/mol. The molecule has 8 aromatic carbocycles. The van der Waals surface area contributed by atoms with Crippen LogP contribution < -0.4 is 0 Å². The van der Waals surface area contributed by atoms with Crippen LogP contribution in [0.3, 0.4) is 0 Å². The molecule has 0 spiro atoms. The Hall–Kier alpha value is -4.36. The molecule has 0 N–H and O–H groups in total. The molecule has 0 amide bonds. The second kappa shape index (κ2) is 20.6. The van der Waals surface area contributed by atoms with Crippen molar-refractivity contribution in [3.63, 3.8) is 0 Å². The van der Waals surface area contributed by atoms with Crippen molar-refractivity contribution in [2.45, 2.75) is 77.3 Å². The van der Waals surface area contributed by atoms with Gasteiger partial charge in [0, 0.05) is 9.52 Å². The molecule has 0 bridgehead atoms. The zero-order valence-corrected chi connectivity index (χ0v) is 37.8. The van der Waals surface area contributed by atoms with E-state index in [9.17, 15) is 0 Å². The number of rotatable bonds is 8. The molecule has 0 unspecified atom stereocenters. The fraction of sp³-hybridized carbons (Fsp3) is 0.250. The van der Waals surface area contributed by atoms with Crippen LogP contribution in [0.4, 0.5) is 0 Å². The predicted molar refractivity (Wildman–Crippen MR) is 250 cm³/mol. The quantitative estimate of drug-likeness (QED) is 0.106. The summed E-state index contributed by atoms with van der Waals surface area (Å²) in [6, 6.07) is 62.3. The average Bonchev–Trinajstić information content (AvgIpc) is 4.11. The van der Waals surface area contributed by atoms with Crippen LogP contribution >= 0.6 is 0 Å². The Kier molecular flexibility index (Phi) is 14.8. The van der Waals surface area contributed by atoms with Crippen molar-refractivity contribution < 1.29 is 26.2 Å². The minimum atomic E-state index is 0. The molecule has 0 saturated heterocycles. The normalized spacial score (nSPS) is 14.1. The maximum Gasteiger partial charge on any atom is 2.00 e. The number of hydrogen-bond donors (Lipinski definition) is 0. The summed E-state index contributed by atoms with van der Waals surface area (Å²) in [5, 5.41) is 5.59. The zero-order valence-electron chi connectivity index (χ0n) is 34.4. The molecule has 2 aliphatic rings. The van der Waals surface area contributed by atoms with Crippen molar-refractivity contribution in [3.05, 3.63) is 181 Å². The summed E-state index contributed by atoms with van der Waals surface area (Å²) in [4.78, 5) is 0. The Morgan fingerprint density at radius 1 is 0.414 bits per heavy atom. The maximum absolute atomic E-state index is 2.46. The van der Waals surface area contributed by atoms with Crippen molar-refractivity contribution in [1.29, 1.82) is 0 Å². The van der Waals surface area contributed by atoms with Crippen LogP contribution in [0.25, 0.3) is 66.1 Å². The molecule has 2 saturated carbocycles. The van der Waals surface area contributed by atoms with Crippen LogP contribution in [0.2, 0.25) is 13.1 Å². The van der Waals surface area contributed by atoms with E-state index in [1.807, 2.05) is 0 Å². The van der Waals surface area contributed by atoms with Gasteiger partial charge in [-0.3, -0.25) is 0 Å². The molecule has 0 nitrogen and oxygen atoms in total. The molecular formula is C56H56SiZr. The van der Waals surface area contributed by atoms with Crippen molar-refractivity contribution >= 4 is 31.1 Å². The van der Waals surface area contributed by atoms with Gasteiger partial charge in [-0.15, -0.1) is 44.8 Å². The Morgan fingerprint density at radius 3 is 1.00 bits per heavy atom. The molecule has 2 aliphatic carbocycles. The molecule has 0 aliphatic heterocycles. The Balaban J connectivity index is 0.000000163. The summed E-state index contributed by atoms with van der Waals surface area (Å²) in [5.41, 5.74) is 13.6. The van der Waals surface area contributed by atoms with E-state index in [2.05, 4.69) is 183 Å². The molecule has 58 heavy (non-hydrogen) atoms. The van der Waals surface area contributed by atoms with Gasteiger partial charge in [-0.1, -0.05) is 243 Å². The molecule has 2 fully saturated rings. The van der Waals surface area contributed by atoms with Crippen LogP contribution in [0.1, 0.15) is 62.5 Å². The fourth-order valence-corrected chi connectivity index (χ4v) is 9.53. The summed E-state index contributed by atoms with van der Waals surface area (Å²) < 4.78 is 0. The van der Waals surface area contributed by atoms with Crippen LogP contribution in [0.15, 0.2) is 170 Å². The summed E-state index contributed by atoms with van der Waals surface area (Å²) in [5.74, 6) is 1.75. The van der Waals surface area contributed by atoms with Gasteiger partial charge in [0.2, 0.25) is 0 Å². The van der Waals surface area contributed by atoms with Gasteiger partial charge in [0.05, 0.1) is 0 Å². The summed E-state index contributed by atoms with van der Waals surface area (Å²) in [6.07, 6.45) is 13.7. The van der Waals surface area contributed by atoms with Crippen LogP contribution in [-0.4, -0.2) is 9.52 Å². The van der Waals surface area contributed by atoms with Gasteiger partial charge in [-0.05, 0) is 35.8 Å². The molecule has 288 valence electrons. The van der Waals surface area contributed by atoms with E-state index in [-0.39, 0.29) is 26.2 Å². The molecule has 8 aromatic rings. The van der Waals surface area contributed by atoms with Gasteiger partial charge in [0.15, 0.2) is 0 Å². The molecule has 2 radical (unpaired) electrons. The number of benzene rings is 6. The van der Waals surface area contributed by atoms with Crippen LogP contribution in [0.5, 0.6) is 0 Å². The first-order chi connectivity index (χ1) is 28.2. The first-order valence-corrected chi connectivity index (χ1v) is 23.4. The summed E-state index contributed by atoms with van der Waals surface area (Å²) in [7, 11) is 1.08. The van der Waals surface area contributed by atoms with Gasteiger partial charge in [-0.2, -0.15) is 12.1 Å². The van der Waals surface area contributed by atoms with E-state index >= 15 is 0 Å². The van der Waals surface area contributed by atoms with E-state index in [0.717, 1.165) is 21.4 Å². The minimum absolute atomic E-state index is 0. The van der Waals surface area contributed by atoms with Crippen LogP contribution in [0, 0.1) is 11.8 Å². The minimum Gasteiger partial charge on any atom is -0.164 e. The molecule has 0 aromatic heterocycles. The van der Waals surface area contributed by atoms with Gasteiger partial charge in [-0.25, -0.2) is 0 Å². The number of fused-ring (bicyclic) bond motifs is 2. The Bertz CT molecular complexity index is 2120. The third-order valence-corrected chi connectivity index (χ3v) is 12.2. The van der Waals surface area contributed by atoms with E-state index in [1.54, 1.807) is 0 Å². The summed E-state index contributed by atoms with van der Waals surface area (Å²) in [6.45, 7) is 4.31. The van der Waals surface area contributed by atoms with E-state index in [1.165, 1.54) is 141 Å². The molecule has 0 atom stereocenters. The third-order valence-electron chi connectivity index (χ3n) is 12.2. The van der Waals surface area contributed by atoms with Gasteiger partial charge >= 0.3 is 26.2 Å². The first-order valence-electron chi connectivity index (χ1n) is 21.4. The predicted octanol–water partition coefficient (Wildman–Crippen LogP) is 16.0. The Labute approximate surface area is 369 Å². The standard InChI is InChI=1S/2C27H25.C2H6Si.Zr/c2*1-3-11-22(12-4-1)24-15-16-25(23-13-5-2-6-14-23)27-19-21(18-26(24)27)17-20-9-7-8-10-20;1-3-2;/h2*1-6,11-16,18-20H,7-10,17H2;1-2H3;/q2*-1;;+2. The van der Waals surface area contributed by atoms with Crippen LogP contribution in [-0.2, 0) is 39.0 Å². The molecular weight excluding hydrogens is 792 g/mol. The van der Waals surface area contributed by atoms with Crippen molar-refractivity contribution in [2.24, 2.45) is 11.8 Å². The maximum atomic E-state index is 2.46. The van der Waals surface area contributed by atoms with Crippen molar-refractivity contribution in [3.8, 4) is 44.5 Å². The largest absolute Gasteiger partial charge is 2.00 e. The van der Waals surface area contributed by atoms with E-state index < -0.39 is 0 Å². The topological polar surface area (TPSA) is 0 Å². The van der Waals surface area contributed by atoms with Gasteiger partial charge < -0.3 is 0 Å². The average molecular weight is 848 g/mol. The second-order valence-corrected chi connectivity index (χ2v) is 17.4. The third kappa shape index (κ3) is 9.90. The SMILES string of the molecule is C[Si]C.[Zr+2].c1ccc(-c2ccc(-c3ccccc3)c3[cH-]c(CC4CCCC4)cc23)cc1.c1ccc(-c2ccc(-c3ccccc3)c3[cH-]c(CC4CCCC4)cc23)cc1. The Morgan fingerprint density at radius 2 is 0.690 bits per heavy atom. The molecule has 10 rings (SSSR count). The van der Waals surface area contributed by atoms with Crippen molar-refractivity contribution in [1.82, 2.24) is 0 Å². The molecule has 0 heterocycles. The fourth-order valence-electron chi connectivity index (χ4n) is 9.53. The van der Waals surface area contributed by atoms with E-state index in [4.69, 9.17) is 0 Å². The number of hydrogen-bond acceptors (Lipinski definition) is 0. The van der Waals surface area contributed by atoms with E-state index in [0.29, 0.717) is 0 Å². The summed E-state index contributed by atoms with van der Waals surface area (Å²) >= 11 is 0. The van der Waals surface area contributed by atoms with Crippen molar-refractivity contribution in [2.75, 3.05) is 0 Å². The second-order valence-electron chi connectivity index (χ2n) is 16.4. The molecule has 2 heteroatoms. The van der Waals surface area contributed by atoms with Gasteiger partial charge in [0.25, 0.3) is 0 Å².